The second-order valence-corrected chi connectivity index (χ2v) is 6.26. The highest BCUT2D eigenvalue weighted by Crippen LogP contribution is 1.98. The summed E-state index contributed by atoms with van der Waals surface area (Å²) in [7, 11) is -2.88. The fourth-order valence-electron chi connectivity index (χ4n) is 0.767. The van der Waals surface area contributed by atoms with Crippen molar-refractivity contribution in [3.63, 3.8) is 0 Å². The molecular formula is C8H18ClNO2S. The number of hydrogen-bond acceptors (Lipinski definition) is 3. The van der Waals surface area contributed by atoms with E-state index in [4.69, 9.17) is 11.6 Å². The molecule has 0 spiro atoms. The highest BCUT2D eigenvalue weighted by molar-refractivity contribution is 7.92. The minimum atomic E-state index is -2.88. The Kier molecular flexibility index (Phi) is 6.73. The number of halogens is 1. The van der Waals surface area contributed by atoms with Gasteiger partial charge in [0.2, 0.25) is 0 Å². The first-order valence-electron chi connectivity index (χ1n) is 4.49. The third kappa shape index (κ3) is 6.29. The lowest BCUT2D eigenvalue weighted by atomic mass is 10.5. The Hall–Kier alpha value is 0.200. The van der Waals surface area contributed by atoms with Crippen molar-refractivity contribution in [3.05, 3.63) is 0 Å². The van der Waals surface area contributed by atoms with Crippen molar-refractivity contribution in [1.82, 2.24) is 5.32 Å². The molecule has 0 rings (SSSR count). The molecule has 0 aromatic rings. The smallest absolute Gasteiger partial charge is 0.153 e. The molecule has 0 bridgehead atoms. The number of nitrogens with one attached hydrogen (secondary N) is 1. The molecule has 0 aromatic heterocycles. The first kappa shape index (κ1) is 13.2. The molecule has 0 radical (unpaired) electrons. The van der Waals surface area contributed by atoms with E-state index in [1.807, 2.05) is 0 Å². The van der Waals surface area contributed by atoms with E-state index in [0.29, 0.717) is 12.4 Å². The zero-order valence-electron chi connectivity index (χ0n) is 8.22. The summed E-state index contributed by atoms with van der Waals surface area (Å²) in [6, 6.07) is 0. The van der Waals surface area contributed by atoms with Gasteiger partial charge in [0.05, 0.1) is 11.0 Å². The van der Waals surface area contributed by atoms with Gasteiger partial charge in [0, 0.05) is 12.4 Å². The molecule has 0 amide bonds. The lowest BCUT2D eigenvalue weighted by Crippen LogP contribution is -2.27. The van der Waals surface area contributed by atoms with Crippen LogP contribution in [0.3, 0.4) is 0 Å². The van der Waals surface area contributed by atoms with E-state index < -0.39 is 9.84 Å². The minimum absolute atomic E-state index is 0.215. The van der Waals surface area contributed by atoms with Crippen molar-refractivity contribution in [2.45, 2.75) is 25.5 Å². The molecule has 1 N–H and O–H groups in total. The zero-order chi connectivity index (χ0) is 10.3. The maximum atomic E-state index is 11.3. The summed E-state index contributed by atoms with van der Waals surface area (Å²) in [5.74, 6) is 0.830. The summed E-state index contributed by atoms with van der Waals surface area (Å²) in [6.07, 6.45) is 0.878. The van der Waals surface area contributed by atoms with Crippen LogP contribution in [0.25, 0.3) is 0 Å². The number of hydrogen-bond donors (Lipinski definition) is 1. The summed E-state index contributed by atoms with van der Waals surface area (Å²) in [5.41, 5.74) is 0. The van der Waals surface area contributed by atoms with Gasteiger partial charge in [-0.05, 0) is 26.8 Å². The maximum Gasteiger partial charge on any atom is 0.153 e. The predicted molar refractivity (Wildman–Crippen MR) is 57.1 cm³/mol. The molecule has 0 aliphatic carbocycles. The van der Waals surface area contributed by atoms with Crippen LogP contribution in [-0.2, 0) is 9.84 Å². The van der Waals surface area contributed by atoms with Gasteiger partial charge < -0.3 is 5.32 Å². The van der Waals surface area contributed by atoms with E-state index in [1.165, 1.54) is 0 Å². The average Bonchev–Trinajstić information content (AvgIpc) is 2.03. The van der Waals surface area contributed by atoms with Gasteiger partial charge in [0.15, 0.2) is 9.84 Å². The van der Waals surface area contributed by atoms with Gasteiger partial charge in [-0.2, -0.15) is 0 Å². The predicted octanol–water partition coefficient (Wildman–Crippen LogP) is 1.03. The molecule has 5 heteroatoms. The van der Waals surface area contributed by atoms with Crippen molar-refractivity contribution in [2.24, 2.45) is 0 Å². The van der Waals surface area contributed by atoms with Crippen LogP contribution in [-0.4, -0.2) is 38.4 Å². The van der Waals surface area contributed by atoms with E-state index in [-0.39, 0.29) is 11.0 Å². The fraction of sp³-hybridized carbons (Fsp3) is 1.00. The van der Waals surface area contributed by atoms with E-state index in [1.54, 1.807) is 13.8 Å². The molecule has 3 nitrogen and oxygen atoms in total. The highest BCUT2D eigenvalue weighted by atomic mass is 35.5. The summed E-state index contributed by atoms with van der Waals surface area (Å²) < 4.78 is 22.6. The largest absolute Gasteiger partial charge is 0.316 e. The molecule has 0 saturated carbocycles. The summed E-state index contributed by atoms with van der Waals surface area (Å²) >= 11 is 5.46. The van der Waals surface area contributed by atoms with Gasteiger partial charge in [-0.3, -0.25) is 0 Å². The van der Waals surface area contributed by atoms with E-state index >= 15 is 0 Å². The summed E-state index contributed by atoms with van der Waals surface area (Å²) in [4.78, 5) is 0. The third-order valence-electron chi connectivity index (χ3n) is 1.77. The molecule has 0 aliphatic heterocycles. The zero-order valence-corrected chi connectivity index (χ0v) is 9.79. The Morgan fingerprint density at radius 3 is 2.38 bits per heavy atom. The number of rotatable bonds is 7. The van der Waals surface area contributed by atoms with Crippen molar-refractivity contribution in [2.75, 3.05) is 24.7 Å². The first-order valence-corrected chi connectivity index (χ1v) is 6.74. The van der Waals surface area contributed by atoms with Gasteiger partial charge in [-0.25, -0.2) is 8.42 Å². The molecule has 0 fully saturated rings. The van der Waals surface area contributed by atoms with Crippen molar-refractivity contribution >= 4 is 21.4 Å². The van der Waals surface area contributed by atoms with Crippen LogP contribution in [0.15, 0.2) is 0 Å². The molecule has 0 saturated heterocycles. The van der Waals surface area contributed by atoms with E-state index in [2.05, 4.69) is 5.32 Å². The van der Waals surface area contributed by atoms with Crippen LogP contribution in [0.5, 0.6) is 0 Å². The molecule has 0 aliphatic rings. The second-order valence-electron chi connectivity index (χ2n) is 3.21. The average molecular weight is 228 g/mol. The minimum Gasteiger partial charge on any atom is -0.316 e. The molecule has 0 aromatic carbocycles. The second kappa shape index (κ2) is 6.62. The lowest BCUT2D eigenvalue weighted by molar-refractivity contribution is 0.582. The molecule has 0 unspecified atom stereocenters. The number of sulfone groups is 1. The van der Waals surface area contributed by atoms with E-state index in [0.717, 1.165) is 13.0 Å². The lowest BCUT2D eigenvalue weighted by Gasteiger charge is -2.07. The standard InChI is InChI=1S/C8H18ClNO2S/c1-8(2)13(11,12)7-6-10-5-3-4-9/h8,10H,3-7H2,1-2H3. The van der Waals surface area contributed by atoms with Crippen molar-refractivity contribution < 1.29 is 8.42 Å². The Morgan fingerprint density at radius 2 is 1.92 bits per heavy atom. The molecule has 0 atom stereocenters. The molecule has 13 heavy (non-hydrogen) atoms. The Balaban J connectivity index is 3.53. The van der Waals surface area contributed by atoms with Crippen molar-refractivity contribution in [1.29, 1.82) is 0 Å². The van der Waals surface area contributed by atoms with Gasteiger partial charge >= 0.3 is 0 Å². The fourth-order valence-corrected chi connectivity index (χ4v) is 1.80. The monoisotopic (exact) mass is 227 g/mol. The van der Waals surface area contributed by atoms with Gasteiger partial charge in [0.1, 0.15) is 0 Å². The molecule has 0 heterocycles. The molecule has 80 valence electrons. The summed E-state index contributed by atoms with van der Waals surface area (Å²) in [6.45, 7) is 4.72. The van der Waals surface area contributed by atoms with Crippen LogP contribution < -0.4 is 5.32 Å². The Bertz CT molecular complexity index is 214. The van der Waals surface area contributed by atoms with Crippen LogP contribution in [0.2, 0.25) is 0 Å². The van der Waals surface area contributed by atoms with Crippen LogP contribution >= 0.6 is 11.6 Å². The SMILES string of the molecule is CC(C)S(=O)(=O)CCNCCCCl. The van der Waals surface area contributed by atoms with Gasteiger partial charge in [0.25, 0.3) is 0 Å². The van der Waals surface area contributed by atoms with Crippen LogP contribution in [0.4, 0.5) is 0 Å². The Labute approximate surface area is 85.8 Å². The van der Waals surface area contributed by atoms with Crippen molar-refractivity contribution in [3.8, 4) is 0 Å². The maximum absolute atomic E-state index is 11.3. The molecular weight excluding hydrogens is 210 g/mol. The van der Waals surface area contributed by atoms with Gasteiger partial charge in [-0.15, -0.1) is 11.6 Å². The van der Waals surface area contributed by atoms with Gasteiger partial charge in [-0.1, -0.05) is 0 Å². The van der Waals surface area contributed by atoms with Crippen LogP contribution in [0, 0.1) is 0 Å². The topological polar surface area (TPSA) is 46.2 Å². The van der Waals surface area contributed by atoms with Crippen LogP contribution in [0.1, 0.15) is 20.3 Å². The number of alkyl halides is 1. The Morgan fingerprint density at radius 1 is 1.31 bits per heavy atom. The summed E-state index contributed by atoms with van der Waals surface area (Å²) in [5, 5.41) is 2.76. The quantitative estimate of drug-likeness (QED) is 0.522. The highest BCUT2D eigenvalue weighted by Gasteiger charge is 2.14. The normalized spacial score (nSPS) is 12.3. The van der Waals surface area contributed by atoms with E-state index in [9.17, 15) is 8.42 Å². The third-order valence-corrected chi connectivity index (χ3v) is 4.25. The first-order chi connectivity index (χ1) is 6.00.